The molecular formula is C24H31ClN8O4. The Morgan fingerprint density at radius 3 is 2.86 bits per heavy atom. The first-order valence-corrected chi connectivity index (χ1v) is 12.5. The van der Waals surface area contributed by atoms with Crippen molar-refractivity contribution in [3.63, 3.8) is 0 Å². The SMILES string of the molecule is CN(CCCNC(=O)Nc1cccc(Cl)c1)C[C@H]1O[C@@H](n2cnc3c(N)ncnc32)[C@@H]2OC(C)(C)O[C@@H]21. The zero-order valence-electron chi connectivity index (χ0n) is 20.9. The molecule has 13 heteroatoms. The number of ether oxygens (including phenoxy) is 3. The van der Waals surface area contributed by atoms with Gasteiger partial charge in [0.05, 0.1) is 6.33 Å². The van der Waals surface area contributed by atoms with Crippen molar-refractivity contribution in [1.82, 2.24) is 29.7 Å². The summed E-state index contributed by atoms with van der Waals surface area (Å²) in [6.45, 7) is 5.69. The minimum Gasteiger partial charge on any atom is -0.382 e. The summed E-state index contributed by atoms with van der Waals surface area (Å²) in [6.07, 6.45) is 2.51. The molecule has 0 radical (unpaired) electrons. The van der Waals surface area contributed by atoms with Gasteiger partial charge in [0.15, 0.2) is 23.5 Å². The lowest BCUT2D eigenvalue weighted by Crippen LogP contribution is -2.39. The van der Waals surface area contributed by atoms with E-state index >= 15 is 0 Å². The van der Waals surface area contributed by atoms with Gasteiger partial charge in [0, 0.05) is 23.8 Å². The number of nitrogens with zero attached hydrogens (tertiary/aromatic N) is 5. The van der Waals surface area contributed by atoms with Crippen molar-refractivity contribution < 1.29 is 19.0 Å². The molecule has 2 aliphatic rings. The molecule has 2 aromatic heterocycles. The molecule has 198 valence electrons. The summed E-state index contributed by atoms with van der Waals surface area (Å²) in [5.74, 6) is -0.424. The van der Waals surface area contributed by atoms with Gasteiger partial charge in [-0.3, -0.25) is 4.57 Å². The highest BCUT2D eigenvalue weighted by atomic mass is 35.5. The summed E-state index contributed by atoms with van der Waals surface area (Å²) < 4.78 is 20.7. The molecule has 2 saturated heterocycles. The molecule has 0 saturated carbocycles. The zero-order chi connectivity index (χ0) is 26.2. The van der Waals surface area contributed by atoms with Crippen molar-refractivity contribution in [2.75, 3.05) is 37.7 Å². The van der Waals surface area contributed by atoms with E-state index in [2.05, 4.69) is 30.5 Å². The monoisotopic (exact) mass is 530 g/mol. The topological polar surface area (TPSA) is 142 Å². The number of halogens is 1. The number of nitrogens with two attached hydrogens (primary N) is 1. The van der Waals surface area contributed by atoms with Crippen LogP contribution in [-0.4, -0.2) is 81.2 Å². The zero-order valence-corrected chi connectivity index (χ0v) is 21.7. The Morgan fingerprint density at radius 2 is 2.05 bits per heavy atom. The van der Waals surface area contributed by atoms with Gasteiger partial charge in [-0.25, -0.2) is 19.7 Å². The van der Waals surface area contributed by atoms with Gasteiger partial charge < -0.3 is 35.5 Å². The quantitative estimate of drug-likeness (QED) is 0.374. The number of rotatable bonds is 8. The number of hydrogen-bond acceptors (Lipinski definition) is 9. The smallest absolute Gasteiger partial charge is 0.319 e. The first-order chi connectivity index (χ1) is 17.7. The molecule has 4 atom stereocenters. The van der Waals surface area contributed by atoms with E-state index in [1.165, 1.54) is 6.33 Å². The van der Waals surface area contributed by atoms with Gasteiger partial charge in [-0.05, 0) is 52.1 Å². The van der Waals surface area contributed by atoms with Gasteiger partial charge in [0.25, 0.3) is 0 Å². The predicted octanol–water partition coefficient (Wildman–Crippen LogP) is 2.62. The van der Waals surface area contributed by atoms with Crippen LogP contribution in [0.1, 0.15) is 26.5 Å². The van der Waals surface area contributed by atoms with Gasteiger partial charge in [-0.1, -0.05) is 17.7 Å². The molecule has 3 aromatic rings. The molecule has 4 heterocycles. The van der Waals surface area contributed by atoms with Crippen molar-refractivity contribution in [2.45, 2.75) is 50.6 Å². The molecular weight excluding hydrogens is 500 g/mol. The number of hydrogen-bond donors (Lipinski definition) is 3. The fourth-order valence-corrected chi connectivity index (χ4v) is 4.97. The molecule has 0 spiro atoms. The highest BCUT2D eigenvalue weighted by molar-refractivity contribution is 6.30. The number of carbonyl (C=O) groups excluding carboxylic acids is 1. The Labute approximate surface area is 219 Å². The molecule has 5 rings (SSSR count). The first-order valence-electron chi connectivity index (χ1n) is 12.1. The first kappa shape index (κ1) is 25.6. The molecule has 0 unspecified atom stereocenters. The van der Waals surface area contributed by atoms with Crippen molar-refractivity contribution >= 4 is 40.3 Å². The average Bonchev–Trinajstić information content (AvgIpc) is 3.49. The number of anilines is 2. The number of urea groups is 1. The molecule has 4 N–H and O–H groups in total. The Kier molecular flexibility index (Phi) is 7.19. The third-order valence-electron chi connectivity index (χ3n) is 6.36. The van der Waals surface area contributed by atoms with Crippen LogP contribution in [0, 0.1) is 0 Å². The largest absolute Gasteiger partial charge is 0.382 e. The number of imidazole rings is 1. The molecule has 2 fully saturated rings. The van der Waals surface area contributed by atoms with Crippen LogP contribution in [-0.2, 0) is 14.2 Å². The third-order valence-corrected chi connectivity index (χ3v) is 6.60. The van der Waals surface area contributed by atoms with Crippen LogP contribution in [0.15, 0.2) is 36.9 Å². The van der Waals surface area contributed by atoms with E-state index < -0.39 is 12.0 Å². The van der Waals surface area contributed by atoms with Crippen LogP contribution in [0.25, 0.3) is 11.2 Å². The number of likely N-dealkylation sites (N-methyl/N-ethyl adjacent to an activating group) is 1. The summed E-state index contributed by atoms with van der Waals surface area (Å²) in [5.41, 5.74) is 7.72. The van der Waals surface area contributed by atoms with Gasteiger partial charge in [-0.15, -0.1) is 0 Å². The van der Waals surface area contributed by atoms with Crippen LogP contribution < -0.4 is 16.4 Å². The summed E-state index contributed by atoms with van der Waals surface area (Å²) >= 11 is 5.96. The van der Waals surface area contributed by atoms with Gasteiger partial charge in [0.1, 0.15) is 30.2 Å². The Morgan fingerprint density at radius 1 is 1.24 bits per heavy atom. The Hall–Kier alpha value is -3.03. The van der Waals surface area contributed by atoms with Crippen LogP contribution in [0.3, 0.4) is 0 Å². The third kappa shape index (κ3) is 5.63. The highest BCUT2D eigenvalue weighted by Gasteiger charge is 2.56. The van der Waals surface area contributed by atoms with Gasteiger partial charge in [0.2, 0.25) is 0 Å². The second kappa shape index (κ2) is 10.4. The number of nitrogen functional groups attached to an aromatic ring is 1. The molecule has 37 heavy (non-hydrogen) atoms. The van der Waals surface area contributed by atoms with Crippen molar-refractivity contribution in [3.05, 3.63) is 41.9 Å². The van der Waals surface area contributed by atoms with E-state index in [-0.39, 0.29) is 24.3 Å². The van der Waals surface area contributed by atoms with E-state index in [1.54, 1.807) is 30.6 Å². The average molecular weight is 531 g/mol. The molecule has 12 nitrogen and oxygen atoms in total. The second-order valence-electron chi connectivity index (χ2n) is 9.72. The van der Waals surface area contributed by atoms with Crippen molar-refractivity contribution in [2.24, 2.45) is 0 Å². The van der Waals surface area contributed by atoms with Crippen LogP contribution in [0.2, 0.25) is 5.02 Å². The number of fused-ring (bicyclic) bond motifs is 2. The van der Waals surface area contributed by atoms with E-state index in [9.17, 15) is 4.79 Å². The summed E-state index contributed by atoms with van der Waals surface area (Å²) in [4.78, 5) is 27.0. The Bertz CT molecular complexity index is 1270. The number of amides is 2. The van der Waals surface area contributed by atoms with Gasteiger partial charge in [-0.2, -0.15) is 0 Å². The van der Waals surface area contributed by atoms with Crippen LogP contribution in [0.4, 0.5) is 16.3 Å². The minimum absolute atomic E-state index is 0.238. The maximum Gasteiger partial charge on any atom is 0.319 e. The molecule has 2 amide bonds. The van der Waals surface area contributed by atoms with Crippen LogP contribution >= 0.6 is 11.6 Å². The number of aromatic nitrogens is 4. The maximum absolute atomic E-state index is 12.1. The van der Waals surface area contributed by atoms with Gasteiger partial charge >= 0.3 is 6.03 Å². The fourth-order valence-electron chi connectivity index (χ4n) is 4.78. The standard InChI is InChI=1S/C24H31ClN8O4/c1-24(2)36-18-16(11-32(3)9-5-8-27-23(34)31-15-7-4-6-14(25)10-15)35-22(19(18)37-24)33-13-30-17-20(26)28-12-29-21(17)33/h4,6-7,10,12-13,16,18-19,22H,5,8-9,11H2,1-3H3,(H2,26,28,29)(H2,27,31,34)/t16-,18-,19-,22-/m1/s1. The molecule has 2 aliphatic heterocycles. The molecule has 0 aliphatic carbocycles. The molecule has 1 aromatic carbocycles. The highest BCUT2D eigenvalue weighted by Crippen LogP contribution is 2.44. The lowest BCUT2D eigenvalue weighted by Gasteiger charge is -2.27. The number of nitrogens with one attached hydrogen (secondary N) is 2. The normalized spacial score (nSPS) is 24.5. The summed E-state index contributed by atoms with van der Waals surface area (Å²) in [5, 5.41) is 6.21. The number of carbonyl (C=O) groups is 1. The lowest BCUT2D eigenvalue weighted by molar-refractivity contribution is -0.197. The van der Waals surface area contributed by atoms with Crippen molar-refractivity contribution in [3.8, 4) is 0 Å². The summed E-state index contributed by atoms with van der Waals surface area (Å²) in [7, 11) is 2.01. The van der Waals surface area contributed by atoms with E-state index in [0.29, 0.717) is 40.8 Å². The van der Waals surface area contributed by atoms with E-state index in [0.717, 1.165) is 13.0 Å². The van der Waals surface area contributed by atoms with E-state index in [1.807, 2.05) is 25.5 Å². The summed E-state index contributed by atoms with van der Waals surface area (Å²) in [6, 6.07) is 6.75. The lowest BCUT2D eigenvalue weighted by atomic mass is 10.1. The fraction of sp³-hybridized carbons (Fsp3) is 0.500. The predicted molar refractivity (Wildman–Crippen MR) is 138 cm³/mol. The molecule has 0 bridgehead atoms. The van der Waals surface area contributed by atoms with Crippen molar-refractivity contribution in [1.29, 1.82) is 0 Å². The number of benzene rings is 1. The maximum atomic E-state index is 12.1. The van der Waals surface area contributed by atoms with E-state index in [4.69, 9.17) is 31.5 Å². The van der Waals surface area contributed by atoms with Crippen LogP contribution in [0.5, 0.6) is 0 Å². The Balaban J connectivity index is 1.16. The second-order valence-corrected chi connectivity index (χ2v) is 10.2. The minimum atomic E-state index is -0.737.